The Morgan fingerprint density at radius 2 is 2.00 bits per heavy atom. The molecule has 0 unspecified atom stereocenters. The van der Waals surface area contributed by atoms with Gasteiger partial charge in [-0.15, -0.1) is 0 Å². The highest BCUT2D eigenvalue weighted by Gasteiger charge is 2.20. The van der Waals surface area contributed by atoms with Gasteiger partial charge < -0.3 is 9.57 Å². The van der Waals surface area contributed by atoms with E-state index in [0.717, 1.165) is 12.3 Å². The van der Waals surface area contributed by atoms with Gasteiger partial charge in [0.25, 0.3) is 0 Å². The third kappa shape index (κ3) is 3.39. The molecule has 0 aromatic heterocycles. The normalized spacial score (nSPS) is 11.5. The van der Waals surface area contributed by atoms with E-state index in [1.807, 2.05) is 0 Å². The number of nitrogens with one attached hydrogen (secondary N) is 1. The summed E-state index contributed by atoms with van der Waals surface area (Å²) in [7, 11) is -0.947. The maximum atomic E-state index is 13.7. The first-order valence-electron chi connectivity index (χ1n) is 4.72. The maximum Gasteiger partial charge on any atom is 0.182 e. The number of halogens is 1. The molecule has 0 radical (unpaired) electrons. The van der Waals surface area contributed by atoms with E-state index in [-0.39, 0.29) is 12.3 Å². The van der Waals surface area contributed by atoms with Crippen molar-refractivity contribution in [1.29, 1.82) is 0 Å². The minimum atomic E-state index is -3.67. The number of benzene rings is 1. The van der Waals surface area contributed by atoms with Crippen molar-refractivity contribution in [3.8, 4) is 5.75 Å². The van der Waals surface area contributed by atoms with Crippen LogP contribution in [0.4, 0.5) is 4.39 Å². The fraction of sp³-hybridized carbons (Fsp3) is 0.400. The molecule has 0 bridgehead atoms. The van der Waals surface area contributed by atoms with Crippen LogP contribution < -0.4 is 10.2 Å². The predicted octanol–water partition coefficient (Wildman–Crippen LogP) is 0.889. The lowest BCUT2D eigenvalue weighted by Gasteiger charge is -2.10. The molecule has 0 atom stereocenters. The SMILES string of the molecule is CONCc1cc(F)c(S(C)(=O)=O)c(OC)c1. The number of hydroxylamine groups is 1. The highest BCUT2D eigenvalue weighted by molar-refractivity contribution is 7.90. The Kier molecular flexibility index (Phi) is 4.44. The highest BCUT2D eigenvalue weighted by atomic mass is 32.2. The first-order chi connectivity index (χ1) is 7.90. The fourth-order valence-corrected chi connectivity index (χ4v) is 2.31. The van der Waals surface area contributed by atoms with Crippen LogP contribution >= 0.6 is 0 Å². The van der Waals surface area contributed by atoms with E-state index in [1.165, 1.54) is 20.3 Å². The number of ether oxygens (including phenoxy) is 1. The summed E-state index contributed by atoms with van der Waals surface area (Å²) in [5.74, 6) is -0.847. The van der Waals surface area contributed by atoms with Gasteiger partial charge >= 0.3 is 0 Å². The van der Waals surface area contributed by atoms with E-state index in [4.69, 9.17) is 4.74 Å². The molecule has 7 heteroatoms. The lowest BCUT2D eigenvalue weighted by atomic mass is 10.2. The summed E-state index contributed by atoms with van der Waals surface area (Å²) in [4.78, 5) is 4.20. The van der Waals surface area contributed by atoms with Crippen molar-refractivity contribution in [3.63, 3.8) is 0 Å². The minimum Gasteiger partial charge on any atom is -0.495 e. The van der Waals surface area contributed by atoms with Gasteiger partial charge in [0.05, 0.1) is 14.2 Å². The van der Waals surface area contributed by atoms with Gasteiger partial charge in [-0.2, -0.15) is 5.48 Å². The first-order valence-corrected chi connectivity index (χ1v) is 6.61. The Morgan fingerprint density at radius 3 is 2.47 bits per heavy atom. The molecule has 0 aliphatic carbocycles. The van der Waals surface area contributed by atoms with Crippen LogP contribution in [-0.2, 0) is 21.2 Å². The molecule has 0 fully saturated rings. The lowest BCUT2D eigenvalue weighted by Crippen LogP contribution is -2.12. The zero-order valence-electron chi connectivity index (χ0n) is 9.78. The summed E-state index contributed by atoms with van der Waals surface area (Å²) >= 11 is 0. The monoisotopic (exact) mass is 263 g/mol. The molecule has 17 heavy (non-hydrogen) atoms. The van der Waals surface area contributed by atoms with E-state index < -0.39 is 20.5 Å². The predicted molar refractivity (Wildman–Crippen MR) is 59.9 cm³/mol. The highest BCUT2D eigenvalue weighted by Crippen LogP contribution is 2.28. The molecule has 0 saturated heterocycles. The van der Waals surface area contributed by atoms with Crippen molar-refractivity contribution in [2.75, 3.05) is 20.5 Å². The molecule has 96 valence electrons. The second-order valence-corrected chi connectivity index (χ2v) is 5.36. The van der Waals surface area contributed by atoms with Gasteiger partial charge in [0.1, 0.15) is 16.5 Å². The Morgan fingerprint density at radius 1 is 1.35 bits per heavy atom. The van der Waals surface area contributed by atoms with Crippen LogP contribution in [0, 0.1) is 5.82 Å². The smallest absolute Gasteiger partial charge is 0.182 e. The van der Waals surface area contributed by atoms with Crippen LogP contribution in [-0.4, -0.2) is 28.9 Å². The molecule has 1 aromatic rings. The zero-order chi connectivity index (χ0) is 13.1. The summed E-state index contributed by atoms with van der Waals surface area (Å²) in [5, 5.41) is 0. The minimum absolute atomic E-state index is 0.0135. The first kappa shape index (κ1) is 13.9. The average Bonchev–Trinajstić information content (AvgIpc) is 2.23. The number of hydrogen-bond donors (Lipinski definition) is 1. The molecule has 0 spiro atoms. The fourth-order valence-electron chi connectivity index (χ4n) is 1.39. The van der Waals surface area contributed by atoms with Crippen LogP contribution in [0.25, 0.3) is 0 Å². The molecule has 1 rings (SSSR count). The Labute approximate surface area is 99.4 Å². The largest absolute Gasteiger partial charge is 0.495 e. The van der Waals surface area contributed by atoms with Crippen molar-refractivity contribution < 1.29 is 22.4 Å². The Balaban J connectivity index is 3.26. The van der Waals surface area contributed by atoms with Crippen LogP contribution in [0.1, 0.15) is 5.56 Å². The zero-order valence-corrected chi connectivity index (χ0v) is 10.6. The van der Waals surface area contributed by atoms with Gasteiger partial charge in [0.2, 0.25) is 0 Å². The topological polar surface area (TPSA) is 64.6 Å². The van der Waals surface area contributed by atoms with Gasteiger partial charge in [0.15, 0.2) is 9.84 Å². The van der Waals surface area contributed by atoms with Gasteiger partial charge in [-0.3, -0.25) is 0 Å². The molecule has 5 nitrogen and oxygen atoms in total. The van der Waals surface area contributed by atoms with E-state index in [1.54, 1.807) is 0 Å². The van der Waals surface area contributed by atoms with Crippen LogP contribution in [0.5, 0.6) is 5.75 Å². The average molecular weight is 263 g/mol. The maximum absolute atomic E-state index is 13.7. The third-order valence-electron chi connectivity index (χ3n) is 2.08. The number of sulfone groups is 1. The molecule has 0 saturated carbocycles. The molecule has 1 aromatic carbocycles. The molecule has 1 N–H and O–H groups in total. The van der Waals surface area contributed by atoms with Crippen LogP contribution in [0.2, 0.25) is 0 Å². The van der Waals surface area contributed by atoms with Crippen molar-refractivity contribution in [2.24, 2.45) is 0 Å². The van der Waals surface area contributed by atoms with Crippen molar-refractivity contribution >= 4 is 9.84 Å². The van der Waals surface area contributed by atoms with E-state index >= 15 is 0 Å². The summed E-state index contributed by atoms with van der Waals surface area (Å²) < 4.78 is 41.4. The quantitative estimate of drug-likeness (QED) is 0.799. The number of rotatable bonds is 5. The number of hydrogen-bond acceptors (Lipinski definition) is 5. The third-order valence-corrected chi connectivity index (χ3v) is 3.22. The van der Waals surface area contributed by atoms with E-state index in [2.05, 4.69) is 10.3 Å². The van der Waals surface area contributed by atoms with Gasteiger partial charge in [-0.05, 0) is 17.7 Å². The van der Waals surface area contributed by atoms with Gasteiger partial charge in [-0.1, -0.05) is 0 Å². The molecule has 0 amide bonds. The summed E-state index contributed by atoms with van der Waals surface area (Å²) in [6.07, 6.45) is 0.932. The second kappa shape index (κ2) is 5.44. The molecular formula is C10H14FNO4S. The number of methoxy groups -OCH3 is 1. The second-order valence-electron chi connectivity index (χ2n) is 3.41. The molecular weight excluding hydrogens is 249 g/mol. The van der Waals surface area contributed by atoms with Gasteiger partial charge in [-0.25, -0.2) is 12.8 Å². The van der Waals surface area contributed by atoms with Crippen molar-refractivity contribution in [3.05, 3.63) is 23.5 Å². The summed E-state index contributed by atoms with van der Waals surface area (Å²) in [5.41, 5.74) is 3.05. The van der Waals surface area contributed by atoms with E-state index in [9.17, 15) is 12.8 Å². The summed E-state index contributed by atoms with van der Waals surface area (Å²) in [6.45, 7) is 0.244. The molecule has 0 heterocycles. The van der Waals surface area contributed by atoms with E-state index in [0.29, 0.717) is 5.56 Å². The van der Waals surface area contributed by atoms with Crippen LogP contribution in [0.15, 0.2) is 17.0 Å². The summed E-state index contributed by atoms with van der Waals surface area (Å²) in [6, 6.07) is 2.58. The Hall–Kier alpha value is -1.18. The molecule has 0 aliphatic rings. The standard InChI is InChI=1S/C10H14FNO4S/c1-15-9-5-7(6-12-16-2)4-8(11)10(9)17(3,13)14/h4-5,12H,6H2,1-3H3. The van der Waals surface area contributed by atoms with Crippen molar-refractivity contribution in [1.82, 2.24) is 5.48 Å². The van der Waals surface area contributed by atoms with Crippen molar-refractivity contribution in [2.45, 2.75) is 11.4 Å². The molecule has 0 aliphatic heterocycles. The lowest BCUT2D eigenvalue weighted by molar-refractivity contribution is 0.0866. The van der Waals surface area contributed by atoms with Crippen LogP contribution in [0.3, 0.4) is 0 Å². The van der Waals surface area contributed by atoms with Gasteiger partial charge in [0, 0.05) is 12.8 Å². The Bertz CT molecular complexity index is 501.